The van der Waals surface area contributed by atoms with Gasteiger partial charge in [0.15, 0.2) is 0 Å². The van der Waals surface area contributed by atoms with Gasteiger partial charge in [-0.05, 0) is 18.8 Å². The van der Waals surface area contributed by atoms with Crippen LogP contribution in [0.25, 0.3) is 11.3 Å². The first kappa shape index (κ1) is 17.0. The summed E-state index contributed by atoms with van der Waals surface area (Å²) in [5, 5.41) is 0. The molecular weight excluding hydrogens is 324 g/mol. The van der Waals surface area contributed by atoms with Gasteiger partial charge in [0.1, 0.15) is 12.1 Å². The van der Waals surface area contributed by atoms with Gasteiger partial charge in [-0.3, -0.25) is 4.79 Å². The number of carbonyl (C=O) groups excluding carboxylic acids is 1. The number of aromatic nitrogens is 2. The maximum absolute atomic E-state index is 12.5. The Balaban J connectivity index is 1.36. The van der Waals surface area contributed by atoms with Crippen LogP contribution in [-0.2, 0) is 4.79 Å². The number of amides is 1. The zero-order valence-corrected chi connectivity index (χ0v) is 15.2. The molecule has 1 aromatic carbocycles. The van der Waals surface area contributed by atoms with Crippen LogP contribution in [0, 0.1) is 5.92 Å². The predicted molar refractivity (Wildman–Crippen MR) is 103 cm³/mol. The molecule has 1 saturated carbocycles. The number of hydrogen-bond donors (Lipinski definition) is 0. The third kappa shape index (κ3) is 3.87. The zero-order valence-electron chi connectivity index (χ0n) is 15.2. The lowest BCUT2D eigenvalue weighted by atomic mass is 10.0. The van der Waals surface area contributed by atoms with Crippen LogP contribution in [0.5, 0.6) is 0 Å². The topological polar surface area (TPSA) is 49.3 Å². The Kier molecular flexibility index (Phi) is 5.14. The lowest BCUT2D eigenvalue weighted by molar-refractivity contribution is -0.132. The van der Waals surface area contributed by atoms with Crippen LogP contribution in [0.4, 0.5) is 5.82 Å². The molecule has 2 aromatic rings. The molecule has 1 aromatic heterocycles. The molecule has 136 valence electrons. The van der Waals surface area contributed by atoms with Gasteiger partial charge in [-0.15, -0.1) is 0 Å². The summed E-state index contributed by atoms with van der Waals surface area (Å²) in [7, 11) is 0. The van der Waals surface area contributed by atoms with Crippen LogP contribution < -0.4 is 4.90 Å². The molecule has 0 spiro atoms. The number of anilines is 1. The summed E-state index contributed by atoms with van der Waals surface area (Å²) in [6.45, 7) is 3.25. The summed E-state index contributed by atoms with van der Waals surface area (Å²) in [5.74, 6) is 1.90. The SMILES string of the molecule is O=C(CC1CCCC1)N1CCN(c2cc(-c3ccccc3)ncn2)CC1. The van der Waals surface area contributed by atoms with E-state index in [4.69, 9.17) is 0 Å². The van der Waals surface area contributed by atoms with E-state index in [0.717, 1.165) is 49.7 Å². The first-order valence-electron chi connectivity index (χ1n) is 9.70. The number of piperazine rings is 1. The average Bonchev–Trinajstić information content (AvgIpc) is 3.22. The Hall–Kier alpha value is -2.43. The molecule has 1 saturated heterocycles. The third-order valence-corrected chi connectivity index (χ3v) is 5.62. The van der Waals surface area contributed by atoms with Crippen molar-refractivity contribution in [1.29, 1.82) is 0 Å². The number of rotatable bonds is 4. The van der Waals surface area contributed by atoms with Gasteiger partial charge in [-0.25, -0.2) is 9.97 Å². The molecule has 0 unspecified atom stereocenters. The van der Waals surface area contributed by atoms with Crippen LogP contribution in [0.15, 0.2) is 42.7 Å². The van der Waals surface area contributed by atoms with Gasteiger partial charge >= 0.3 is 0 Å². The fourth-order valence-corrected chi connectivity index (χ4v) is 4.06. The molecule has 0 atom stereocenters. The molecule has 2 fully saturated rings. The van der Waals surface area contributed by atoms with Crippen molar-refractivity contribution in [2.45, 2.75) is 32.1 Å². The van der Waals surface area contributed by atoms with Gasteiger partial charge < -0.3 is 9.80 Å². The minimum atomic E-state index is 0.337. The molecule has 26 heavy (non-hydrogen) atoms. The molecule has 1 aliphatic heterocycles. The molecular formula is C21H26N4O. The monoisotopic (exact) mass is 350 g/mol. The van der Waals surface area contributed by atoms with Crippen LogP contribution in [0.2, 0.25) is 0 Å². The molecule has 1 amide bonds. The Morgan fingerprint density at radius 1 is 1.00 bits per heavy atom. The minimum absolute atomic E-state index is 0.337. The van der Waals surface area contributed by atoms with E-state index >= 15 is 0 Å². The Bertz CT molecular complexity index is 735. The second kappa shape index (κ2) is 7.85. The maximum atomic E-state index is 12.5. The highest BCUT2D eigenvalue weighted by molar-refractivity contribution is 5.76. The summed E-state index contributed by atoms with van der Waals surface area (Å²) in [5.41, 5.74) is 2.04. The maximum Gasteiger partial charge on any atom is 0.222 e. The van der Waals surface area contributed by atoms with Crippen molar-refractivity contribution in [3.05, 3.63) is 42.7 Å². The van der Waals surface area contributed by atoms with Gasteiger partial charge in [0.05, 0.1) is 5.69 Å². The lowest BCUT2D eigenvalue weighted by Crippen LogP contribution is -2.49. The molecule has 1 aliphatic carbocycles. The molecule has 2 aliphatic rings. The van der Waals surface area contributed by atoms with Crippen molar-refractivity contribution in [3.63, 3.8) is 0 Å². The molecule has 4 rings (SSSR count). The summed E-state index contributed by atoms with van der Waals surface area (Å²) in [4.78, 5) is 25.7. The van der Waals surface area contributed by atoms with Crippen molar-refractivity contribution < 1.29 is 4.79 Å². The Morgan fingerprint density at radius 2 is 1.73 bits per heavy atom. The molecule has 0 N–H and O–H groups in total. The second-order valence-electron chi connectivity index (χ2n) is 7.35. The minimum Gasteiger partial charge on any atom is -0.353 e. The van der Waals surface area contributed by atoms with Crippen molar-refractivity contribution in [2.75, 3.05) is 31.1 Å². The van der Waals surface area contributed by atoms with E-state index in [-0.39, 0.29) is 0 Å². The first-order valence-corrected chi connectivity index (χ1v) is 9.70. The lowest BCUT2D eigenvalue weighted by Gasteiger charge is -2.36. The quantitative estimate of drug-likeness (QED) is 0.848. The largest absolute Gasteiger partial charge is 0.353 e. The fraction of sp³-hybridized carbons (Fsp3) is 0.476. The van der Waals surface area contributed by atoms with E-state index in [0.29, 0.717) is 11.8 Å². The predicted octanol–water partition coefficient (Wildman–Crippen LogP) is 3.37. The van der Waals surface area contributed by atoms with Crippen LogP contribution >= 0.6 is 0 Å². The van der Waals surface area contributed by atoms with Crippen molar-refractivity contribution in [1.82, 2.24) is 14.9 Å². The highest BCUT2D eigenvalue weighted by Crippen LogP contribution is 2.28. The van der Waals surface area contributed by atoms with Crippen molar-refractivity contribution in [2.24, 2.45) is 5.92 Å². The van der Waals surface area contributed by atoms with E-state index < -0.39 is 0 Å². The summed E-state index contributed by atoms with van der Waals surface area (Å²) >= 11 is 0. The van der Waals surface area contributed by atoms with E-state index in [9.17, 15) is 4.79 Å². The zero-order chi connectivity index (χ0) is 17.8. The Labute approximate surface area is 155 Å². The molecule has 0 radical (unpaired) electrons. The van der Waals surface area contributed by atoms with Crippen molar-refractivity contribution >= 4 is 11.7 Å². The first-order chi connectivity index (χ1) is 12.8. The van der Waals surface area contributed by atoms with Gasteiger partial charge in [-0.1, -0.05) is 43.2 Å². The summed E-state index contributed by atoms with van der Waals surface area (Å²) < 4.78 is 0. The highest BCUT2D eigenvalue weighted by atomic mass is 16.2. The van der Waals surface area contributed by atoms with Gasteiger partial charge in [0.25, 0.3) is 0 Å². The van der Waals surface area contributed by atoms with Gasteiger partial charge in [0.2, 0.25) is 5.91 Å². The summed E-state index contributed by atoms with van der Waals surface area (Å²) in [6, 6.07) is 12.2. The summed E-state index contributed by atoms with van der Waals surface area (Å²) in [6.07, 6.45) is 7.43. The number of hydrogen-bond acceptors (Lipinski definition) is 4. The van der Waals surface area contributed by atoms with Crippen LogP contribution in [-0.4, -0.2) is 47.0 Å². The average molecular weight is 350 g/mol. The van der Waals surface area contributed by atoms with E-state index in [1.165, 1.54) is 25.7 Å². The number of carbonyl (C=O) groups is 1. The van der Waals surface area contributed by atoms with E-state index in [1.54, 1.807) is 6.33 Å². The molecule has 5 heteroatoms. The Morgan fingerprint density at radius 3 is 2.46 bits per heavy atom. The normalized spacial score (nSPS) is 18.3. The van der Waals surface area contributed by atoms with E-state index in [2.05, 4.69) is 27.0 Å². The smallest absolute Gasteiger partial charge is 0.222 e. The van der Waals surface area contributed by atoms with Crippen molar-refractivity contribution in [3.8, 4) is 11.3 Å². The molecule has 2 heterocycles. The van der Waals surface area contributed by atoms with Gasteiger partial charge in [0, 0.05) is 44.2 Å². The van der Waals surface area contributed by atoms with E-state index in [1.807, 2.05) is 29.2 Å². The molecule has 0 bridgehead atoms. The van der Waals surface area contributed by atoms with Crippen LogP contribution in [0.3, 0.4) is 0 Å². The highest BCUT2D eigenvalue weighted by Gasteiger charge is 2.25. The molecule has 5 nitrogen and oxygen atoms in total. The third-order valence-electron chi connectivity index (χ3n) is 5.62. The van der Waals surface area contributed by atoms with Gasteiger partial charge in [-0.2, -0.15) is 0 Å². The number of benzene rings is 1. The fourth-order valence-electron chi connectivity index (χ4n) is 4.06. The second-order valence-corrected chi connectivity index (χ2v) is 7.35. The standard InChI is InChI=1S/C21H26N4O/c26-21(14-17-6-4-5-7-17)25-12-10-24(11-13-25)20-15-19(22-16-23-20)18-8-2-1-3-9-18/h1-3,8-9,15-17H,4-7,10-14H2. The van der Waals surface area contributed by atoms with Crippen LogP contribution in [0.1, 0.15) is 32.1 Å². The number of nitrogens with zero attached hydrogens (tertiary/aromatic N) is 4.